The third-order valence-corrected chi connectivity index (χ3v) is 2.20. The number of amidine groups is 1. The van der Waals surface area contributed by atoms with Crippen molar-refractivity contribution in [1.29, 1.82) is 0 Å². The van der Waals surface area contributed by atoms with Gasteiger partial charge in [0.2, 0.25) is 0 Å². The van der Waals surface area contributed by atoms with Gasteiger partial charge < -0.3 is 20.9 Å². The molecule has 5 heteroatoms. The summed E-state index contributed by atoms with van der Waals surface area (Å²) in [5, 5.41) is 20.2. The zero-order valence-electron chi connectivity index (χ0n) is 8.44. The number of likely N-dealkylation sites (N-methyl/N-ethyl adjacent to an activating group) is 1. The van der Waals surface area contributed by atoms with Crippen molar-refractivity contribution >= 4 is 5.84 Å². The summed E-state index contributed by atoms with van der Waals surface area (Å²) < 4.78 is 0. The second kappa shape index (κ2) is 5.77. The van der Waals surface area contributed by atoms with Crippen LogP contribution in [0.15, 0.2) is 5.16 Å². The van der Waals surface area contributed by atoms with Crippen LogP contribution in [-0.2, 0) is 0 Å². The fraction of sp³-hybridized carbons (Fsp3) is 0.875. The van der Waals surface area contributed by atoms with E-state index in [1.807, 2.05) is 25.8 Å². The van der Waals surface area contributed by atoms with Crippen LogP contribution in [0.1, 0.15) is 13.8 Å². The molecule has 0 aliphatic heterocycles. The summed E-state index contributed by atoms with van der Waals surface area (Å²) in [6.07, 6.45) is 0. The highest BCUT2D eigenvalue weighted by Crippen LogP contribution is 2.01. The van der Waals surface area contributed by atoms with Crippen LogP contribution in [0.2, 0.25) is 0 Å². The van der Waals surface area contributed by atoms with E-state index in [9.17, 15) is 0 Å². The molecule has 0 amide bonds. The maximum Gasteiger partial charge on any atom is 0.143 e. The van der Waals surface area contributed by atoms with Crippen molar-refractivity contribution in [2.75, 3.05) is 20.2 Å². The SMILES string of the molecule is CC(CN(C)C(C)CO)C(N)=NO. The zero-order valence-corrected chi connectivity index (χ0v) is 8.44. The van der Waals surface area contributed by atoms with Crippen molar-refractivity contribution in [1.82, 2.24) is 4.90 Å². The molecule has 0 bridgehead atoms. The van der Waals surface area contributed by atoms with Gasteiger partial charge in [-0.2, -0.15) is 0 Å². The molecule has 2 unspecified atom stereocenters. The van der Waals surface area contributed by atoms with E-state index in [1.54, 1.807) is 0 Å². The molecule has 78 valence electrons. The Bertz CT molecular complexity index is 173. The van der Waals surface area contributed by atoms with Gasteiger partial charge in [0, 0.05) is 18.5 Å². The highest BCUT2D eigenvalue weighted by molar-refractivity contribution is 5.82. The molecule has 0 rings (SSSR count). The van der Waals surface area contributed by atoms with Crippen LogP contribution in [0.25, 0.3) is 0 Å². The fourth-order valence-electron chi connectivity index (χ4n) is 0.943. The van der Waals surface area contributed by atoms with E-state index in [1.165, 1.54) is 0 Å². The van der Waals surface area contributed by atoms with Crippen LogP contribution < -0.4 is 5.73 Å². The molecule has 0 aliphatic rings. The third kappa shape index (κ3) is 4.10. The maximum absolute atomic E-state index is 8.86. The lowest BCUT2D eigenvalue weighted by molar-refractivity contribution is 0.152. The summed E-state index contributed by atoms with van der Waals surface area (Å²) in [5.41, 5.74) is 5.42. The molecule has 0 aromatic heterocycles. The van der Waals surface area contributed by atoms with Crippen molar-refractivity contribution in [2.45, 2.75) is 19.9 Å². The number of oxime groups is 1. The zero-order chi connectivity index (χ0) is 10.4. The Balaban J connectivity index is 3.98. The number of hydrogen-bond donors (Lipinski definition) is 3. The maximum atomic E-state index is 8.86. The molecule has 2 atom stereocenters. The first kappa shape index (κ1) is 12.2. The normalized spacial score (nSPS) is 17.5. The second-order valence-corrected chi connectivity index (χ2v) is 3.40. The Labute approximate surface area is 78.8 Å². The number of rotatable bonds is 5. The first-order chi connectivity index (χ1) is 6.02. The summed E-state index contributed by atoms with van der Waals surface area (Å²) in [6.45, 7) is 4.56. The van der Waals surface area contributed by atoms with E-state index in [0.717, 1.165) is 0 Å². The molecule has 0 aliphatic carbocycles. The van der Waals surface area contributed by atoms with Gasteiger partial charge in [0.1, 0.15) is 5.84 Å². The van der Waals surface area contributed by atoms with Gasteiger partial charge in [-0.1, -0.05) is 12.1 Å². The van der Waals surface area contributed by atoms with Crippen LogP contribution >= 0.6 is 0 Å². The van der Waals surface area contributed by atoms with E-state index >= 15 is 0 Å². The summed E-state index contributed by atoms with van der Waals surface area (Å²) in [6, 6.07) is 0.0916. The van der Waals surface area contributed by atoms with E-state index in [0.29, 0.717) is 6.54 Å². The molecular formula is C8H19N3O2. The lowest BCUT2D eigenvalue weighted by Crippen LogP contribution is -2.39. The largest absolute Gasteiger partial charge is 0.409 e. The number of aliphatic hydroxyl groups excluding tert-OH is 1. The average Bonchev–Trinajstić information content (AvgIpc) is 2.14. The van der Waals surface area contributed by atoms with Crippen LogP contribution in [0, 0.1) is 5.92 Å². The summed E-state index contributed by atoms with van der Waals surface area (Å²) in [7, 11) is 1.89. The van der Waals surface area contributed by atoms with Gasteiger partial charge in [0.25, 0.3) is 0 Å². The molecule has 0 radical (unpaired) electrons. The monoisotopic (exact) mass is 189 g/mol. The van der Waals surface area contributed by atoms with Gasteiger partial charge in [-0.25, -0.2) is 0 Å². The van der Waals surface area contributed by atoms with Gasteiger partial charge >= 0.3 is 0 Å². The second-order valence-electron chi connectivity index (χ2n) is 3.40. The van der Waals surface area contributed by atoms with Crippen molar-refractivity contribution in [3.63, 3.8) is 0 Å². The van der Waals surface area contributed by atoms with Crippen LogP contribution in [0.4, 0.5) is 0 Å². The molecule has 0 aromatic rings. The molecular weight excluding hydrogens is 170 g/mol. The highest BCUT2D eigenvalue weighted by atomic mass is 16.4. The summed E-state index contributed by atoms with van der Waals surface area (Å²) in [4.78, 5) is 1.96. The van der Waals surface area contributed by atoms with E-state index in [2.05, 4.69) is 5.16 Å². The first-order valence-corrected chi connectivity index (χ1v) is 4.31. The third-order valence-electron chi connectivity index (χ3n) is 2.20. The highest BCUT2D eigenvalue weighted by Gasteiger charge is 2.14. The molecule has 0 saturated heterocycles. The van der Waals surface area contributed by atoms with Crippen molar-refractivity contribution in [3.8, 4) is 0 Å². The van der Waals surface area contributed by atoms with Crippen LogP contribution in [-0.4, -0.2) is 47.3 Å². The van der Waals surface area contributed by atoms with E-state index in [-0.39, 0.29) is 24.4 Å². The van der Waals surface area contributed by atoms with Crippen LogP contribution in [0.5, 0.6) is 0 Å². The molecule has 5 nitrogen and oxygen atoms in total. The Morgan fingerprint density at radius 1 is 1.54 bits per heavy atom. The number of aliphatic hydroxyl groups is 1. The predicted octanol–water partition coefficient (Wildman–Crippen LogP) is -0.318. The van der Waals surface area contributed by atoms with Gasteiger partial charge in [-0.3, -0.25) is 0 Å². The van der Waals surface area contributed by atoms with E-state index in [4.69, 9.17) is 16.0 Å². The molecule has 0 aromatic carbocycles. The molecule has 0 heterocycles. The standard InChI is InChI=1S/C8H19N3O2/c1-6(8(9)10-13)4-11(3)7(2)5-12/h6-7,12-13H,4-5H2,1-3H3,(H2,9,10). The van der Waals surface area contributed by atoms with Gasteiger partial charge in [-0.15, -0.1) is 0 Å². The smallest absolute Gasteiger partial charge is 0.143 e. The Morgan fingerprint density at radius 3 is 2.46 bits per heavy atom. The Hall–Kier alpha value is -0.810. The summed E-state index contributed by atoms with van der Waals surface area (Å²) in [5.74, 6) is 0.209. The fourth-order valence-corrected chi connectivity index (χ4v) is 0.943. The molecule has 13 heavy (non-hydrogen) atoms. The minimum absolute atomic E-state index is 0.0102. The molecule has 4 N–H and O–H groups in total. The van der Waals surface area contributed by atoms with Gasteiger partial charge in [0.05, 0.1) is 6.61 Å². The van der Waals surface area contributed by atoms with Crippen molar-refractivity contribution < 1.29 is 10.3 Å². The topological polar surface area (TPSA) is 82.1 Å². The van der Waals surface area contributed by atoms with E-state index < -0.39 is 0 Å². The Morgan fingerprint density at radius 2 is 2.08 bits per heavy atom. The molecule has 0 fully saturated rings. The molecule has 0 saturated carbocycles. The quantitative estimate of drug-likeness (QED) is 0.240. The number of nitrogens with zero attached hydrogens (tertiary/aromatic N) is 2. The number of nitrogens with two attached hydrogens (primary N) is 1. The van der Waals surface area contributed by atoms with Gasteiger partial charge in [0.15, 0.2) is 0 Å². The lowest BCUT2D eigenvalue weighted by atomic mass is 10.1. The molecule has 0 spiro atoms. The van der Waals surface area contributed by atoms with Crippen LogP contribution in [0.3, 0.4) is 0 Å². The first-order valence-electron chi connectivity index (χ1n) is 4.31. The number of hydrogen-bond acceptors (Lipinski definition) is 4. The van der Waals surface area contributed by atoms with Gasteiger partial charge in [-0.05, 0) is 14.0 Å². The Kier molecular flexibility index (Phi) is 5.41. The van der Waals surface area contributed by atoms with Crippen molar-refractivity contribution in [3.05, 3.63) is 0 Å². The average molecular weight is 189 g/mol. The minimum Gasteiger partial charge on any atom is -0.409 e. The van der Waals surface area contributed by atoms with Crippen molar-refractivity contribution in [2.24, 2.45) is 16.8 Å². The lowest BCUT2D eigenvalue weighted by Gasteiger charge is -2.25. The summed E-state index contributed by atoms with van der Waals surface area (Å²) >= 11 is 0. The predicted molar refractivity (Wildman–Crippen MR) is 51.8 cm³/mol. The minimum atomic E-state index is -0.0102.